The first-order valence-electron chi connectivity index (χ1n) is 11.5. The molecule has 10 nitrogen and oxygen atoms in total. The van der Waals surface area contributed by atoms with Gasteiger partial charge in [-0.05, 0) is 52.1 Å². The fourth-order valence-corrected chi connectivity index (χ4v) is 4.47. The number of carboxylic acid groups (broad SMARTS) is 2. The molecule has 2 aromatic heterocycles. The van der Waals surface area contributed by atoms with Gasteiger partial charge < -0.3 is 14.7 Å². The minimum absolute atomic E-state index is 0.376. The van der Waals surface area contributed by atoms with Crippen LogP contribution in [0.15, 0.2) is 16.8 Å². The van der Waals surface area contributed by atoms with E-state index < -0.39 is 24.3 Å². The summed E-state index contributed by atoms with van der Waals surface area (Å²) in [4.78, 5) is 23.0. The largest absolute Gasteiger partial charge is 0.490 e. The van der Waals surface area contributed by atoms with Crippen LogP contribution in [0.5, 0.6) is 0 Å². The summed E-state index contributed by atoms with van der Waals surface area (Å²) in [5.41, 5.74) is 3.92. The van der Waals surface area contributed by atoms with Crippen LogP contribution in [0.25, 0.3) is 0 Å². The van der Waals surface area contributed by atoms with Crippen molar-refractivity contribution in [2.75, 3.05) is 19.6 Å². The van der Waals surface area contributed by atoms with Crippen LogP contribution >= 0.6 is 0 Å². The summed E-state index contributed by atoms with van der Waals surface area (Å²) in [6, 6.07) is 2.07. The predicted molar refractivity (Wildman–Crippen MR) is 119 cm³/mol. The third-order valence-electron chi connectivity index (χ3n) is 6.50. The Balaban J connectivity index is 0.000000301. The van der Waals surface area contributed by atoms with E-state index in [2.05, 4.69) is 38.1 Å². The molecule has 1 spiro atoms. The molecule has 2 saturated heterocycles. The number of alkyl halides is 6. The lowest BCUT2D eigenvalue weighted by molar-refractivity contribution is -0.193. The Hall–Kier alpha value is -3.14. The van der Waals surface area contributed by atoms with Crippen molar-refractivity contribution >= 4 is 11.9 Å². The van der Waals surface area contributed by atoms with Crippen LogP contribution in [0.1, 0.15) is 48.4 Å². The molecule has 0 bridgehead atoms. The average molecular weight is 557 g/mol. The molecule has 0 amide bonds. The van der Waals surface area contributed by atoms with E-state index in [1.807, 2.05) is 13.1 Å². The van der Waals surface area contributed by atoms with Crippen LogP contribution in [0.3, 0.4) is 0 Å². The van der Waals surface area contributed by atoms with Crippen molar-refractivity contribution in [1.82, 2.24) is 25.2 Å². The van der Waals surface area contributed by atoms with Crippen molar-refractivity contribution in [2.24, 2.45) is 0 Å². The lowest BCUT2D eigenvalue weighted by Gasteiger charge is -2.45. The minimum Gasteiger partial charge on any atom is -0.475 e. The number of hydrogen-bond acceptors (Lipinski definition) is 7. The zero-order chi connectivity index (χ0) is 28.7. The number of piperidine rings is 1. The molecule has 2 aromatic rings. The molecule has 2 aliphatic heterocycles. The maximum absolute atomic E-state index is 10.6. The summed E-state index contributed by atoms with van der Waals surface area (Å²) in [6.45, 7) is 9.59. The van der Waals surface area contributed by atoms with Crippen molar-refractivity contribution in [3.05, 3.63) is 35.0 Å². The Morgan fingerprint density at radius 2 is 1.55 bits per heavy atom. The van der Waals surface area contributed by atoms with Gasteiger partial charge in [0.1, 0.15) is 5.76 Å². The zero-order valence-electron chi connectivity index (χ0n) is 20.7. The van der Waals surface area contributed by atoms with E-state index in [9.17, 15) is 26.3 Å². The number of nitrogens with zero attached hydrogens (tertiary/aromatic N) is 4. The minimum atomic E-state index is -5.08. The molecule has 0 unspecified atom stereocenters. The maximum atomic E-state index is 10.6. The molecule has 0 atom stereocenters. The van der Waals surface area contributed by atoms with Gasteiger partial charge in [0.25, 0.3) is 0 Å². The van der Waals surface area contributed by atoms with Gasteiger partial charge in [0, 0.05) is 49.2 Å². The Morgan fingerprint density at radius 1 is 1.00 bits per heavy atom. The number of aliphatic carboxylic acids is 2. The summed E-state index contributed by atoms with van der Waals surface area (Å²) in [6.07, 6.45) is -3.18. The van der Waals surface area contributed by atoms with Gasteiger partial charge in [-0.25, -0.2) is 9.59 Å². The Morgan fingerprint density at radius 3 is 1.97 bits per heavy atom. The molecule has 16 heteroatoms. The highest BCUT2D eigenvalue weighted by Gasteiger charge is 2.43. The molecular weight excluding hydrogens is 528 g/mol. The van der Waals surface area contributed by atoms with Gasteiger partial charge >= 0.3 is 24.3 Å². The summed E-state index contributed by atoms with van der Waals surface area (Å²) in [5, 5.41) is 25.5. The van der Waals surface area contributed by atoms with Crippen molar-refractivity contribution < 1.29 is 50.7 Å². The van der Waals surface area contributed by atoms with Gasteiger partial charge in [0.2, 0.25) is 0 Å². The Labute approximate surface area is 213 Å². The van der Waals surface area contributed by atoms with E-state index in [0.717, 1.165) is 37.6 Å². The molecule has 0 radical (unpaired) electrons. The third kappa shape index (κ3) is 8.72. The third-order valence-corrected chi connectivity index (χ3v) is 6.50. The second-order valence-corrected chi connectivity index (χ2v) is 9.02. The molecule has 38 heavy (non-hydrogen) atoms. The molecule has 4 rings (SSSR count). The van der Waals surface area contributed by atoms with Gasteiger partial charge in [-0.2, -0.15) is 31.4 Å². The molecule has 0 saturated carbocycles. The summed E-state index contributed by atoms with van der Waals surface area (Å²) < 4.78 is 68.8. The van der Waals surface area contributed by atoms with Gasteiger partial charge in [-0.15, -0.1) is 0 Å². The standard InChI is InChI=1S/C18H27N5O.2C2HF3O2/c1-14-17(15(2)24-21-14)13-23-9-3-5-18(23)6-10-22(11-7-18)12-16-4-8-19-20-16;2*3-2(4,5)1(6)7/h4,8H,3,5-7,9-13H2,1-2H3,(H,19,20);2*(H,6,7). The van der Waals surface area contributed by atoms with Crippen LogP contribution in [-0.4, -0.2) is 84.8 Å². The number of likely N-dealkylation sites (tertiary alicyclic amines) is 2. The highest BCUT2D eigenvalue weighted by atomic mass is 19.4. The fraction of sp³-hybridized carbons (Fsp3) is 0.636. The van der Waals surface area contributed by atoms with Crippen molar-refractivity contribution in [1.29, 1.82) is 0 Å². The van der Waals surface area contributed by atoms with E-state index >= 15 is 0 Å². The lowest BCUT2D eigenvalue weighted by atomic mass is 9.84. The number of hydrogen-bond donors (Lipinski definition) is 3. The first kappa shape index (κ1) is 31.1. The Kier molecular flexibility index (Phi) is 10.3. The lowest BCUT2D eigenvalue weighted by Crippen LogP contribution is -2.51. The summed E-state index contributed by atoms with van der Waals surface area (Å²) in [5.74, 6) is -4.54. The maximum Gasteiger partial charge on any atom is 0.490 e. The van der Waals surface area contributed by atoms with E-state index in [0.29, 0.717) is 5.54 Å². The van der Waals surface area contributed by atoms with Gasteiger partial charge in [0.05, 0.1) is 5.69 Å². The number of aryl methyl sites for hydroxylation is 2. The number of halogens is 6. The first-order chi connectivity index (χ1) is 17.5. The predicted octanol–water partition coefficient (Wildman–Crippen LogP) is 3.91. The summed E-state index contributed by atoms with van der Waals surface area (Å²) in [7, 11) is 0. The molecule has 4 heterocycles. The number of aromatic nitrogens is 3. The molecule has 214 valence electrons. The van der Waals surface area contributed by atoms with Gasteiger partial charge in [-0.1, -0.05) is 5.16 Å². The molecule has 2 aliphatic rings. The van der Waals surface area contributed by atoms with Crippen LogP contribution in [-0.2, 0) is 22.7 Å². The van der Waals surface area contributed by atoms with E-state index in [1.165, 1.54) is 43.5 Å². The quantitative estimate of drug-likeness (QED) is 0.478. The van der Waals surface area contributed by atoms with Crippen LogP contribution < -0.4 is 0 Å². The van der Waals surface area contributed by atoms with Crippen molar-refractivity contribution in [3.8, 4) is 0 Å². The van der Waals surface area contributed by atoms with Crippen LogP contribution in [0.4, 0.5) is 26.3 Å². The highest BCUT2D eigenvalue weighted by Crippen LogP contribution is 2.40. The fourth-order valence-electron chi connectivity index (χ4n) is 4.47. The molecule has 2 fully saturated rings. The number of rotatable bonds is 4. The normalized spacial score (nSPS) is 17.9. The second-order valence-electron chi connectivity index (χ2n) is 9.02. The Bertz CT molecular complexity index is 1000. The number of carboxylic acids is 2. The van der Waals surface area contributed by atoms with Gasteiger partial charge in [0.15, 0.2) is 0 Å². The smallest absolute Gasteiger partial charge is 0.475 e. The monoisotopic (exact) mass is 557 g/mol. The SMILES string of the molecule is Cc1noc(C)c1CN1CCCC12CCN(Cc1ccn[nH]1)CC2.O=C(O)C(F)(F)F.O=C(O)C(F)(F)F. The summed E-state index contributed by atoms with van der Waals surface area (Å²) >= 11 is 0. The van der Waals surface area contributed by atoms with E-state index in [4.69, 9.17) is 24.3 Å². The average Bonchev–Trinajstić information content (AvgIpc) is 3.54. The van der Waals surface area contributed by atoms with E-state index in [-0.39, 0.29) is 0 Å². The second kappa shape index (κ2) is 12.6. The van der Waals surface area contributed by atoms with Crippen molar-refractivity contribution in [3.63, 3.8) is 0 Å². The van der Waals surface area contributed by atoms with Gasteiger partial charge in [-0.3, -0.25) is 14.9 Å². The number of H-pyrrole nitrogens is 1. The molecule has 3 N–H and O–H groups in total. The number of nitrogens with one attached hydrogen (secondary N) is 1. The molecule has 0 aliphatic carbocycles. The molecular formula is C22H29F6N5O5. The van der Waals surface area contributed by atoms with E-state index in [1.54, 1.807) is 0 Å². The van der Waals surface area contributed by atoms with Crippen molar-refractivity contribution in [2.45, 2.75) is 70.5 Å². The molecule has 0 aromatic carbocycles. The van der Waals surface area contributed by atoms with Crippen LogP contribution in [0, 0.1) is 13.8 Å². The van der Waals surface area contributed by atoms with Crippen LogP contribution in [0.2, 0.25) is 0 Å². The number of aromatic amines is 1. The highest BCUT2D eigenvalue weighted by molar-refractivity contribution is 5.73. The first-order valence-corrected chi connectivity index (χ1v) is 11.5. The number of carbonyl (C=O) groups is 2. The topological polar surface area (TPSA) is 136 Å². The zero-order valence-corrected chi connectivity index (χ0v) is 20.7.